The number of nitrogens with zero attached hydrogens (tertiary/aromatic N) is 2. The number of halogens is 3. The molecule has 3 rings (SSSR count). The maximum Gasteiger partial charge on any atom is 0.412 e. The van der Waals surface area contributed by atoms with Crippen molar-refractivity contribution >= 4 is 44.3 Å². The Hall–Kier alpha value is -3.34. The quantitative estimate of drug-likeness (QED) is 0.392. The van der Waals surface area contributed by atoms with E-state index in [1.807, 2.05) is 0 Å². The number of nitrogens with one attached hydrogen (secondary N) is 1. The van der Waals surface area contributed by atoms with Crippen LogP contribution in [0.4, 0.5) is 25.0 Å². The van der Waals surface area contributed by atoms with Gasteiger partial charge in [0.05, 0.1) is 33.4 Å². The monoisotopic (exact) mass is 495 g/mol. The van der Waals surface area contributed by atoms with Gasteiger partial charge in [-0.2, -0.15) is 0 Å². The van der Waals surface area contributed by atoms with Gasteiger partial charge in [0.1, 0.15) is 17.2 Å². The maximum absolute atomic E-state index is 14.7. The van der Waals surface area contributed by atoms with Crippen LogP contribution in [0.3, 0.4) is 0 Å². The fraction of sp³-hybridized carbons (Fsp3) is 0.200. The highest BCUT2D eigenvalue weighted by molar-refractivity contribution is 9.10. The molecule has 0 saturated carbocycles. The summed E-state index contributed by atoms with van der Waals surface area (Å²) in [5.41, 5.74) is -3.09. The van der Waals surface area contributed by atoms with Gasteiger partial charge in [0.25, 0.3) is 5.43 Å². The highest BCUT2D eigenvalue weighted by atomic mass is 79.9. The van der Waals surface area contributed by atoms with Crippen LogP contribution in [-0.2, 0) is 4.74 Å². The molecule has 0 spiro atoms. The van der Waals surface area contributed by atoms with Gasteiger partial charge in [-0.15, -0.1) is 0 Å². The molecule has 0 atom stereocenters. The average Bonchev–Trinajstić information content (AvgIpc) is 2.63. The van der Waals surface area contributed by atoms with E-state index in [-0.39, 0.29) is 16.6 Å². The van der Waals surface area contributed by atoms with E-state index in [0.29, 0.717) is 10.5 Å². The van der Waals surface area contributed by atoms with Crippen LogP contribution in [0.25, 0.3) is 16.6 Å². The summed E-state index contributed by atoms with van der Waals surface area (Å²) in [6.45, 7) is 4.84. The summed E-state index contributed by atoms with van der Waals surface area (Å²) in [5.74, 6) is -2.14. The highest BCUT2D eigenvalue weighted by Crippen LogP contribution is 2.28. The third-order valence-corrected chi connectivity index (χ3v) is 4.57. The van der Waals surface area contributed by atoms with Gasteiger partial charge in [0, 0.05) is 10.5 Å². The van der Waals surface area contributed by atoms with Crippen LogP contribution in [0.5, 0.6) is 0 Å². The second-order valence-electron chi connectivity index (χ2n) is 7.54. The summed E-state index contributed by atoms with van der Waals surface area (Å²) in [6, 6.07) is 5.81. The number of carbonyl (C=O) groups is 1. The van der Waals surface area contributed by atoms with Crippen LogP contribution in [-0.4, -0.2) is 21.2 Å². The fourth-order valence-corrected chi connectivity index (χ4v) is 3.19. The van der Waals surface area contributed by atoms with Crippen LogP contribution in [0, 0.1) is 21.7 Å². The molecule has 3 aromatic rings. The molecule has 1 N–H and O–H groups in total. The molecule has 8 nitrogen and oxygen atoms in total. The Morgan fingerprint density at radius 3 is 2.48 bits per heavy atom. The summed E-state index contributed by atoms with van der Waals surface area (Å²) < 4.78 is 35.7. The smallest absolute Gasteiger partial charge is 0.412 e. The first-order chi connectivity index (χ1) is 14.4. The van der Waals surface area contributed by atoms with Gasteiger partial charge >= 0.3 is 11.8 Å². The number of nitro groups is 1. The Morgan fingerprint density at radius 1 is 1.19 bits per heavy atom. The molecule has 162 valence electrons. The lowest BCUT2D eigenvalue weighted by Gasteiger charge is -2.20. The minimum Gasteiger partial charge on any atom is -0.444 e. The molecule has 0 aliphatic rings. The molecule has 31 heavy (non-hydrogen) atoms. The summed E-state index contributed by atoms with van der Waals surface area (Å²) in [4.78, 5) is 34.9. The second-order valence-corrected chi connectivity index (χ2v) is 8.46. The first kappa shape index (κ1) is 22.3. The summed E-state index contributed by atoms with van der Waals surface area (Å²) in [7, 11) is 0. The van der Waals surface area contributed by atoms with Gasteiger partial charge in [-0.3, -0.25) is 20.2 Å². The molecule has 0 aliphatic heterocycles. The third-order valence-electron chi connectivity index (χ3n) is 4.08. The molecule has 2 aromatic carbocycles. The normalized spacial score (nSPS) is 11.4. The summed E-state index contributed by atoms with van der Waals surface area (Å²) in [5, 5.41) is 13.5. The number of aromatic nitrogens is 1. The minimum absolute atomic E-state index is 0.0391. The zero-order chi connectivity index (χ0) is 23.1. The first-order valence-corrected chi connectivity index (χ1v) is 9.65. The van der Waals surface area contributed by atoms with Gasteiger partial charge in [0.2, 0.25) is 0 Å². The van der Waals surface area contributed by atoms with Crippen molar-refractivity contribution < 1.29 is 23.2 Å². The molecule has 11 heteroatoms. The van der Waals surface area contributed by atoms with Gasteiger partial charge < -0.3 is 9.30 Å². The number of amides is 1. The number of hydrogen-bond acceptors (Lipinski definition) is 5. The largest absolute Gasteiger partial charge is 0.444 e. The van der Waals surface area contributed by atoms with Crippen LogP contribution >= 0.6 is 15.9 Å². The Morgan fingerprint density at radius 2 is 1.87 bits per heavy atom. The van der Waals surface area contributed by atoms with Crippen molar-refractivity contribution in [1.29, 1.82) is 0 Å². The van der Waals surface area contributed by atoms with Crippen molar-refractivity contribution in [2.24, 2.45) is 0 Å². The second kappa shape index (κ2) is 8.06. The maximum atomic E-state index is 14.7. The number of rotatable bonds is 3. The number of hydrogen-bond donors (Lipinski definition) is 1. The molecular weight excluding hydrogens is 480 g/mol. The lowest BCUT2D eigenvalue weighted by atomic mass is 10.1. The zero-order valence-corrected chi connectivity index (χ0v) is 18.1. The van der Waals surface area contributed by atoms with Crippen LogP contribution in [0.2, 0.25) is 0 Å². The topological polar surface area (TPSA) is 103 Å². The highest BCUT2D eigenvalue weighted by Gasteiger charge is 2.22. The number of carbonyl (C=O) groups excluding carboxylic acids is 1. The lowest BCUT2D eigenvalue weighted by Crippen LogP contribution is -2.27. The number of anilines is 1. The molecule has 0 aliphatic carbocycles. The van der Waals surface area contributed by atoms with Crippen molar-refractivity contribution in [1.82, 2.24) is 4.57 Å². The predicted molar refractivity (Wildman–Crippen MR) is 114 cm³/mol. The number of pyridine rings is 1. The van der Waals surface area contributed by atoms with E-state index in [1.54, 1.807) is 20.8 Å². The standard InChI is InChI=1S/C20H16BrF2N3O5/c1-20(2,3)31-19(28)24-14-8-16(13(23)7-12(14)22)25-9-17(26(29)30)18(27)11-5-4-10(21)6-15(11)25/h4-9H,1-3H3,(H,24,28). The third kappa shape index (κ3) is 4.71. The Kier molecular flexibility index (Phi) is 5.81. The van der Waals surface area contributed by atoms with Gasteiger partial charge in [-0.25, -0.2) is 13.6 Å². The van der Waals surface area contributed by atoms with Crippen molar-refractivity contribution in [2.75, 3.05) is 5.32 Å². The molecule has 1 amide bonds. The van der Waals surface area contributed by atoms with E-state index >= 15 is 0 Å². The van der Waals surface area contributed by atoms with Gasteiger partial charge in [-0.05, 0) is 45.0 Å². The average molecular weight is 496 g/mol. The molecule has 1 aromatic heterocycles. The summed E-state index contributed by atoms with van der Waals surface area (Å²) >= 11 is 3.24. The Balaban J connectivity index is 2.24. The Bertz CT molecular complexity index is 1280. The Labute approximate surface area is 182 Å². The van der Waals surface area contributed by atoms with Gasteiger partial charge in [0.15, 0.2) is 0 Å². The molecule has 0 bridgehead atoms. The first-order valence-electron chi connectivity index (χ1n) is 8.86. The van der Waals surface area contributed by atoms with Gasteiger partial charge in [-0.1, -0.05) is 15.9 Å². The van der Waals surface area contributed by atoms with Crippen molar-refractivity contribution in [2.45, 2.75) is 26.4 Å². The number of ether oxygens (including phenoxy) is 1. The van der Waals surface area contributed by atoms with E-state index < -0.39 is 45.1 Å². The van der Waals surface area contributed by atoms with E-state index in [4.69, 9.17) is 4.74 Å². The molecule has 0 saturated heterocycles. The van der Waals surface area contributed by atoms with E-state index in [1.165, 1.54) is 18.2 Å². The van der Waals surface area contributed by atoms with Crippen LogP contribution in [0.15, 0.2) is 45.8 Å². The number of fused-ring (bicyclic) bond motifs is 1. The van der Waals surface area contributed by atoms with E-state index in [2.05, 4.69) is 21.2 Å². The van der Waals surface area contributed by atoms with Crippen molar-refractivity contribution in [3.05, 3.63) is 73.0 Å². The lowest BCUT2D eigenvalue weighted by molar-refractivity contribution is -0.386. The van der Waals surface area contributed by atoms with Crippen molar-refractivity contribution in [3.63, 3.8) is 0 Å². The number of benzene rings is 2. The molecule has 0 unspecified atom stereocenters. The minimum atomic E-state index is -1.08. The molecule has 0 radical (unpaired) electrons. The van der Waals surface area contributed by atoms with Crippen LogP contribution < -0.4 is 10.7 Å². The summed E-state index contributed by atoms with van der Waals surface area (Å²) in [6.07, 6.45) is -0.118. The van der Waals surface area contributed by atoms with Crippen LogP contribution in [0.1, 0.15) is 20.8 Å². The van der Waals surface area contributed by atoms with Crippen molar-refractivity contribution in [3.8, 4) is 5.69 Å². The van der Waals surface area contributed by atoms with E-state index in [0.717, 1.165) is 16.8 Å². The molecular formula is C20H16BrF2N3O5. The predicted octanol–water partition coefficient (Wildman–Crippen LogP) is 5.29. The SMILES string of the molecule is CC(C)(C)OC(=O)Nc1cc(-n2cc([N+](=O)[O-])c(=O)c3ccc(Br)cc32)c(F)cc1F. The molecule has 0 fully saturated rings. The zero-order valence-electron chi connectivity index (χ0n) is 16.5. The molecule has 1 heterocycles. The fourth-order valence-electron chi connectivity index (χ4n) is 2.85. The van der Waals surface area contributed by atoms with E-state index in [9.17, 15) is 28.5 Å².